The van der Waals surface area contributed by atoms with Gasteiger partial charge in [0, 0.05) is 24.5 Å². The van der Waals surface area contributed by atoms with Crippen LogP contribution in [-0.2, 0) is 11.3 Å². The minimum Gasteiger partial charge on any atom is -0.467 e. The van der Waals surface area contributed by atoms with Crippen molar-refractivity contribution < 1.29 is 9.21 Å². The highest BCUT2D eigenvalue weighted by molar-refractivity contribution is 7.99. The van der Waals surface area contributed by atoms with Gasteiger partial charge < -0.3 is 9.32 Å². The zero-order valence-corrected chi connectivity index (χ0v) is 15.5. The van der Waals surface area contributed by atoms with Crippen LogP contribution in [0.1, 0.15) is 11.3 Å². The maximum atomic E-state index is 12.3. The summed E-state index contributed by atoms with van der Waals surface area (Å²) >= 11 is 7.61. The molecule has 3 aromatic rings. The normalized spacial score (nSPS) is 10.8. The number of amides is 1. The van der Waals surface area contributed by atoms with E-state index < -0.39 is 0 Å². The zero-order chi connectivity index (χ0) is 17.8. The van der Waals surface area contributed by atoms with Gasteiger partial charge in [-0.15, -0.1) is 0 Å². The van der Waals surface area contributed by atoms with Crippen molar-refractivity contribution in [3.8, 4) is 5.69 Å². The summed E-state index contributed by atoms with van der Waals surface area (Å²) in [5.74, 6) is 1.07. The molecule has 7 heteroatoms. The number of thioether (sulfide) groups is 1. The fourth-order valence-electron chi connectivity index (χ4n) is 2.40. The number of carbonyl (C=O) groups is 1. The highest BCUT2D eigenvalue weighted by Gasteiger charge is 2.15. The molecule has 1 aromatic carbocycles. The Labute approximate surface area is 155 Å². The lowest BCUT2D eigenvalue weighted by atomic mass is 10.2. The molecule has 1 amide bonds. The van der Waals surface area contributed by atoms with Crippen molar-refractivity contribution in [1.82, 2.24) is 14.5 Å². The fraction of sp³-hybridized carbons (Fsp3) is 0.222. The van der Waals surface area contributed by atoms with E-state index in [1.807, 2.05) is 48.0 Å². The second-order valence-corrected chi connectivity index (χ2v) is 6.93. The van der Waals surface area contributed by atoms with Crippen molar-refractivity contribution in [3.05, 3.63) is 65.3 Å². The molecule has 2 heterocycles. The molecule has 0 spiro atoms. The van der Waals surface area contributed by atoms with Crippen LogP contribution in [0.5, 0.6) is 0 Å². The molecule has 0 aliphatic carbocycles. The first kappa shape index (κ1) is 17.6. The number of aromatic nitrogens is 2. The van der Waals surface area contributed by atoms with Gasteiger partial charge >= 0.3 is 0 Å². The molecule has 0 aliphatic rings. The van der Waals surface area contributed by atoms with Gasteiger partial charge in [-0.1, -0.05) is 29.4 Å². The Morgan fingerprint density at radius 2 is 2.20 bits per heavy atom. The predicted molar refractivity (Wildman–Crippen MR) is 99.2 cm³/mol. The Bertz CT molecular complexity index is 861. The number of benzene rings is 1. The standard InChI is InChI=1S/C18H18ClN3O2S/c1-13-15(19)6-3-7-16(13)22-9-8-20-18(22)25-12-17(23)21(2)11-14-5-4-10-24-14/h3-10H,11-12H2,1-2H3. The maximum Gasteiger partial charge on any atom is 0.233 e. The lowest BCUT2D eigenvalue weighted by Crippen LogP contribution is -2.27. The molecule has 2 aromatic heterocycles. The minimum absolute atomic E-state index is 0.0127. The third-order valence-corrected chi connectivity index (χ3v) is 5.19. The summed E-state index contributed by atoms with van der Waals surface area (Å²) in [6, 6.07) is 9.41. The Balaban J connectivity index is 1.67. The van der Waals surface area contributed by atoms with Crippen LogP contribution in [0.4, 0.5) is 0 Å². The lowest BCUT2D eigenvalue weighted by molar-refractivity contribution is -0.127. The lowest BCUT2D eigenvalue weighted by Gasteiger charge is -2.16. The van der Waals surface area contributed by atoms with Crippen molar-refractivity contribution in [3.63, 3.8) is 0 Å². The number of halogens is 1. The molecule has 0 bridgehead atoms. The monoisotopic (exact) mass is 375 g/mol. The van der Waals surface area contributed by atoms with Crippen LogP contribution in [0.15, 0.2) is 58.6 Å². The van der Waals surface area contributed by atoms with Crippen LogP contribution in [0, 0.1) is 6.92 Å². The van der Waals surface area contributed by atoms with Crippen molar-refractivity contribution in [2.75, 3.05) is 12.8 Å². The highest BCUT2D eigenvalue weighted by atomic mass is 35.5. The van der Waals surface area contributed by atoms with Gasteiger partial charge in [0.15, 0.2) is 5.16 Å². The van der Waals surface area contributed by atoms with Crippen LogP contribution < -0.4 is 0 Å². The molecular formula is C18H18ClN3O2S. The molecule has 0 radical (unpaired) electrons. The highest BCUT2D eigenvalue weighted by Crippen LogP contribution is 2.26. The third-order valence-electron chi connectivity index (χ3n) is 3.83. The Morgan fingerprint density at radius 1 is 1.36 bits per heavy atom. The van der Waals surface area contributed by atoms with Crippen LogP contribution in [-0.4, -0.2) is 33.2 Å². The number of carbonyl (C=O) groups excluding carboxylic acids is 1. The molecular weight excluding hydrogens is 358 g/mol. The second-order valence-electron chi connectivity index (χ2n) is 5.58. The van der Waals surface area contributed by atoms with Crippen molar-refractivity contribution in [1.29, 1.82) is 0 Å². The minimum atomic E-state index is 0.0127. The SMILES string of the molecule is Cc1c(Cl)cccc1-n1ccnc1SCC(=O)N(C)Cc1ccco1. The molecule has 0 atom stereocenters. The number of hydrogen-bond donors (Lipinski definition) is 0. The maximum absolute atomic E-state index is 12.3. The summed E-state index contributed by atoms with van der Waals surface area (Å²) < 4.78 is 7.23. The van der Waals surface area contributed by atoms with E-state index in [-0.39, 0.29) is 5.91 Å². The summed E-state index contributed by atoms with van der Waals surface area (Å²) in [6.07, 6.45) is 5.20. The first-order chi connectivity index (χ1) is 12.1. The second kappa shape index (κ2) is 7.80. The van der Waals surface area contributed by atoms with Crippen LogP contribution in [0.3, 0.4) is 0 Å². The van der Waals surface area contributed by atoms with E-state index in [1.54, 1.807) is 24.4 Å². The van der Waals surface area contributed by atoms with Gasteiger partial charge in [-0.2, -0.15) is 0 Å². The van der Waals surface area contributed by atoms with Gasteiger partial charge in [0.1, 0.15) is 5.76 Å². The van der Waals surface area contributed by atoms with Crippen molar-refractivity contribution >= 4 is 29.3 Å². The summed E-state index contributed by atoms with van der Waals surface area (Å²) in [4.78, 5) is 18.3. The average molecular weight is 376 g/mol. The van der Waals surface area contributed by atoms with E-state index in [2.05, 4.69) is 4.98 Å². The largest absolute Gasteiger partial charge is 0.467 e. The molecule has 0 aliphatic heterocycles. The van der Waals surface area contributed by atoms with E-state index in [9.17, 15) is 4.79 Å². The molecule has 5 nitrogen and oxygen atoms in total. The first-order valence-corrected chi connectivity index (χ1v) is 9.10. The van der Waals surface area contributed by atoms with Gasteiger partial charge in [0.2, 0.25) is 5.91 Å². The van der Waals surface area contributed by atoms with Crippen molar-refractivity contribution in [2.45, 2.75) is 18.6 Å². The smallest absolute Gasteiger partial charge is 0.233 e. The third kappa shape index (κ3) is 4.08. The molecule has 0 saturated heterocycles. The zero-order valence-electron chi connectivity index (χ0n) is 14.0. The van der Waals surface area contributed by atoms with E-state index in [4.69, 9.17) is 16.0 Å². The summed E-state index contributed by atoms with van der Waals surface area (Å²) in [6.45, 7) is 2.42. The van der Waals surface area contributed by atoms with Gasteiger partial charge in [-0.25, -0.2) is 4.98 Å². The number of furan rings is 1. The van der Waals surface area contributed by atoms with Crippen LogP contribution >= 0.6 is 23.4 Å². The molecule has 0 unspecified atom stereocenters. The predicted octanol–water partition coefficient (Wildman–Crippen LogP) is 4.18. The Hall–Kier alpha value is -2.18. The van der Waals surface area contributed by atoms with E-state index in [1.165, 1.54) is 11.8 Å². The van der Waals surface area contributed by atoms with E-state index in [0.29, 0.717) is 17.3 Å². The van der Waals surface area contributed by atoms with Gasteiger partial charge in [-0.3, -0.25) is 9.36 Å². The first-order valence-electron chi connectivity index (χ1n) is 7.74. The molecule has 0 fully saturated rings. The van der Waals surface area contributed by atoms with Gasteiger partial charge in [0.25, 0.3) is 0 Å². The number of hydrogen-bond acceptors (Lipinski definition) is 4. The van der Waals surface area contributed by atoms with E-state index >= 15 is 0 Å². The van der Waals surface area contributed by atoms with E-state index in [0.717, 1.165) is 22.2 Å². The number of nitrogens with zero attached hydrogens (tertiary/aromatic N) is 3. The average Bonchev–Trinajstić information content (AvgIpc) is 3.26. The number of imidazole rings is 1. The Morgan fingerprint density at radius 3 is 2.96 bits per heavy atom. The van der Waals surface area contributed by atoms with Crippen molar-refractivity contribution in [2.24, 2.45) is 0 Å². The molecule has 0 N–H and O–H groups in total. The molecule has 130 valence electrons. The van der Waals surface area contributed by atoms with Crippen LogP contribution in [0.2, 0.25) is 5.02 Å². The summed E-state index contributed by atoms with van der Waals surface area (Å²) in [5, 5.41) is 1.46. The van der Waals surface area contributed by atoms with Crippen LogP contribution in [0.25, 0.3) is 5.69 Å². The summed E-state index contributed by atoms with van der Waals surface area (Å²) in [7, 11) is 1.76. The van der Waals surface area contributed by atoms with Gasteiger partial charge in [-0.05, 0) is 36.8 Å². The number of rotatable bonds is 6. The Kier molecular flexibility index (Phi) is 5.50. The van der Waals surface area contributed by atoms with Gasteiger partial charge in [0.05, 0.1) is 24.2 Å². The molecule has 3 rings (SSSR count). The molecule has 25 heavy (non-hydrogen) atoms. The summed E-state index contributed by atoms with van der Waals surface area (Å²) in [5.41, 5.74) is 1.94. The molecule has 0 saturated carbocycles. The fourth-order valence-corrected chi connectivity index (χ4v) is 3.47. The topological polar surface area (TPSA) is 51.3 Å². The quantitative estimate of drug-likeness (QED) is 0.606.